The van der Waals surface area contributed by atoms with E-state index in [0.29, 0.717) is 11.6 Å². The average Bonchev–Trinajstić information content (AvgIpc) is 2.46. The van der Waals surface area contributed by atoms with Gasteiger partial charge < -0.3 is 10.1 Å². The van der Waals surface area contributed by atoms with Crippen molar-refractivity contribution in [1.29, 1.82) is 0 Å². The number of benzene rings is 1. The molecule has 0 aliphatic carbocycles. The fourth-order valence-corrected chi connectivity index (χ4v) is 3.72. The molecule has 1 N–H and O–H groups in total. The van der Waals surface area contributed by atoms with E-state index in [1.54, 1.807) is 0 Å². The van der Waals surface area contributed by atoms with E-state index in [9.17, 15) is 4.79 Å². The largest absolute Gasteiger partial charge is 0.465 e. The molecule has 0 bridgehead atoms. The molecule has 1 aliphatic heterocycles. The van der Waals surface area contributed by atoms with E-state index in [0.717, 1.165) is 11.0 Å². The Balaban J connectivity index is 1.95. The number of thioether (sulfide) groups is 1. The lowest BCUT2D eigenvalue weighted by atomic mass is 10.1. The highest BCUT2D eigenvalue weighted by Crippen LogP contribution is 2.21. The van der Waals surface area contributed by atoms with E-state index in [2.05, 4.69) is 21.2 Å². The van der Waals surface area contributed by atoms with Crippen LogP contribution in [0.5, 0.6) is 0 Å². The van der Waals surface area contributed by atoms with Gasteiger partial charge in [0.1, 0.15) is 0 Å². The molecule has 104 valence electrons. The molecule has 1 aliphatic rings. The third-order valence-corrected chi connectivity index (χ3v) is 5.17. The number of rotatable bonds is 4. The van der Waals surface area contributed by atoms with Gasteiger partial charge in [-0.15, -0.1) is 0 Å². The van der Waals surface area contributed by atoms with Crippen LogP contribution in [0.1, 0.15) is 28.8 Å². The molecule has 1 atom stereocenters. The molecule has 2 rings (SSSR count). The van der Waals surface area contributed by atoms with Gasteiger partial charge in [-0.2, -0.15) is 11.8 Å². The zero-order valence-electron chi connectivity index (χ0n) is 10.9. The molecule has 1 fully saturated rings. The molecule has 1 aromatic rings. The highest BCUT2D eigenvalue weighted by atomic mass is 79.9. The predicted molar refractivity (Wildman–Crippen MR) is 82.7 cm³/mol. The van der Waals surface area contributed by atoms with Gasteiger partial charge in [0.2, 0.25) is 0 Å². The first kappa shape index (κ1) is 14.9. The summed E-state index contributed by atoms with van der Waals surface area (Å²) in [6.07, 6.45) is 2.55. The topological polar surface area (TPSA) is 38.3 Å². The van der Waals surface area contributed by atoms with Crippen LogP contribution in [-0.4, -0.2) is 30.6 Å². The Kier molecular flexibility index (Phi) is 5.73. The molecule has 3 nitrogen and oxygen atoms in total. The van der Waals surface area contributed by atoms with Gasteiger partial charge in [0.05, 0.1) is 12.7 Å². The van der Waals surface area contributed by atoms with E-state index in [1.165, 1.54) is 37.0 Å². The summed E-state index contributed by atoms with van der Waals surface area (Å²) >= 11 is 5.53. The molecule has 0 aromatic heterocycles. The van der Waals surface area contributed by atoms with Crippen molar-refractivity contribution in [3.8, 4) is 0 Å². The number of hydrogen-bond acceptors (Lipinski definition) is 4. The summed E-state index contributed by atoms with van der Waals surface area (Å²) in [5.41, 5.74) is 1.74. The predicted octanol–water partition coefficient (Wildman–Crippen LogP) is 3.22. The number of carbonyl (C=O) groups is 1. The second-order valence-corrected chi connectivity index (χ2v) is 6.60. The number of nitrogens with one attached hydrogen (secondary N) is 1. The summed E-state index contributed by atoms with van der Waals surface area (Å²) in [6.45, 7) is 0.827. The lowest BCUT2D eigenvalue weighted by Crippen LogP contribution is -2.33. The Hall–Kier alpha value is -0.520. The van der Waals surface area contributed by atoms with E-state index in [1.807, 2.05) is 30.0 Å². The van der Waals surface area contributed by atoms with Gasteiger partial charge in [0.25, 0.3) is 0 Å². The lowest BCUT2D eigenvalue weighted by molar-refractivity contribution is 0.0600. The summed E-state index contributed by atoms with van der Waals surface area (Å²) in [7, 11) is 1.40. The van der Waals surface area contributed by atoms with Crippen LogP contribution in [0.25, 0.3) is 0 Å². The Labute approximate surface area is 126 Å². The maximum absolute atomic E-state index is 11.4. The molecule has 0 saturated carbocycles. The number of halogens is 1. The number of esters is 1. The second kappa shape index (κ2) is 7.31. The fourth-order valence-electron chi connectivity index (χ4n) is 2.09. The Morgan fingerprint density at radius 2 is 2.42 bits per heavy atom. The Morgan fingerprint density at radius 3 is 3.05 bits per heavy atom. The molecule has 1 saturated heterocycles. The van der Waals surface area contributed by atoms with Gasteiger partial charge in [-0.05, 0) is 36.3 Å². The van der Waals surface area contributed by atoms with Gasteiger partial charge in [-0.1, -0.05) is 22.0 Å². The molecule has 5 heteroatoms. The van der Waals surface area contributed by atoms with Crippen molar-refractivity contribution < 1.29 is 9.53 Å². The van der Waals surface area contributed by atoms with Crippen molar-refractivity contribution in [3.63, 3.8) is 0 Å². The van der Waals surface area contributed by atoms with Crippen molar-refractivity contribution in [2.24, 2.45) is 0 Å². The monoisotopic (exact) mass is 343 g/mol. The maximum Gasteiger partial charge on any atom is 0.337 e. The molecular formula is C14H18BrNO2S. The summed E-state index contributed by atoms with van der Waals surface area (Å²) in [5.74, 6) is 2.18. The van der Waals surface area contributed by atoms with Crippen LogP contribution in [0.15, 0.2) is 22.7 Å². The zero-order chi connectivity index (χ0) is 13.7. The first-order chi connectivity index (χ1) is 9.20. The van der Waals surface area contributed by atoms with Crippen molar-refractivity contribution >= 4 is 33.7 Å². The molecule has 1 heterocycles. The zero-order valence-corrected chi connectivity index (χ0v) is 13.4. The molecule has 1 aromatic carbocycles. The summed E-state index contributed by atoms with van der Waals surface area (Å²) in [5, 5.41) is 3.57. The normalized spacial score (nSPS) is 19.2. The quantitative estimate of drug-likeness (QED) is 0.852. The Morgan fingerprint density at radius 1 is 1.58 bits per heavy atom. The van der Waals surface area contributed by atoms with Gasteiger partial charge in [0, 0.05) is 22.8 Å². The van der Waals surface area contributed by atoms with Crippen molar-refractivity contribution in [3.05, 3.63) is 33.8 Å². The molecule has 19 heavy (non-hydrogen) atoms. The van der Waals surface area contributed by atoms with Crippen molar-refractivity contribution in [1.82, 2.24) is 5.32 Å². The third-order valence-electron chi connectivity index (χ3n) is 3.22. The van der Waals surface area contributed by atoms with Crippen molar-refractivity contribution in [2.45, 2.75) is 25.4 Å². The molecular weight excluding hydrogens is 326 g/mol. The highest BCUT2D eigenvalue weighted by Gasteiger charge is 2.14. The molecule has 0 spiro atoms. The minimum atomic E-state index is -0.302. The smallest absolute Gasteiger partial charge is 0.337 e. The Bertz CT molecular complexity index is 447. The number of hydrogen-bond donors (Lipinski definition) is 1. The lowest BCUT2D eigenvalue weighted by Gasteiger charge is -2.22. The van der Waals surface area contributed by atoms with Crippen LogP contribution in [0, 0.1) is 0 Å². The fraction of sp³-hybridized carbons (Fsp3) is 0.500. The van der Waals surface area contributed by atoms with E-state index >= 15 is 0 Å². The summed E-state index contributed by atoms with van der Waals surface area (Å²) in [6, 6.07) is 6.20. The van der Waals surface area contributed by atoms with Crippen molar-refractivity contribution in [2.75, 3.05) is 18.6 Å². The molecule has 0 amide bonds. The summed E-state index contributed by atoms with van der Waals surface area (Å²) in [4.78, 5) is 11.4. The van der Waals surface area contributed by atoms with Crippen LogP contribution in [-0.2, 0) is 11.3 Å². The maximum atomic E-state index is 11.4. The van der Waals surface area contributed by atoms with Crippen LogP contribution < -0.4 is 5.32 Å². The first-order valence-electron chi connectivity index (χ1n) is 6.38. The number of carbonyl (C=O) groups excluding carboxylic acids is 1. The molecule has 1 unspecified atom stereocenters. The number of methoxy groups -OCH3 is 1. The van der Waals surface area contributed by atoms with E-state index < -0.39 is 0 Å². The van der Waals surface area contributed by atoms with Gasteiger partial charge in [0.15, 0.2) is 0 Å². The van der Waals surface area contributed by atoms with E-state index in [-0.39, 0.29) is 5.97 Å². The second-order valence-electron chi connectivity index (χ2n) is 4.59. The SMILES string of the molecule is COC(=O)c1ccc(CNC2CCCSC2)c(Br)c1. The van der Waals surface area contributed by atoms with Crippen LogP contribution in [0.3, 0.4) is 0 Å². The minimum Gasteiger partial charge on any atom is -0.465 e. The summed E-state index contributed by atoms with van der Waals surface area (Å²) < 4.78 is 5.66. The minimum absolute atomic E-state index is 0.302. The van der Waals surface area contributed by atoms with Gasteiger partial charge in [-0.3, -0.25) is 0 Å². The number of ether oxygens (including phenoxy) is 1. The van der Waals surface area contributed by atoms with Gasteiger partial charge in [-0.25, -0.2) is 4.79 Å². The van der Waals surface area contributed by atoms with Crippen LogP contribution in [0.2, 0.25) is 0 Å². The highest BCUT2D eigenvalue weighted by molar-refractivity contribution is 9.10. The molecule has 0 radical (unpaired) electrons. The van der Waals surface area contributed by atoms with E-state index in [4.69, 9.17) is 4.74 Å². The van der Waals surface area contributed by atoms with Gasteiger partial charge >= 0.3 is 5.97 Å². The third kappa shape index (κ3) is 4.23. The average molecular weight is 344 g/mol. The standard InChI is InChI=1S/C14H18BrNO2S/c1-18-14(17)10-4-5-11(13(15)7-10)8-16-12-3-2-6-19-9-12/h4-5,7,12,16H,2-3,6,8-9H2,1H3. The van der Waals surface area contributed by atoms with Crippen LogP contribution >= 0.6 is 27.7 Å². The van der Waals surface area contributed by atoms with Crippen LogP contribution in [0.4, 0.5) is 0 Å². The first-order valence-corrected chi connectivity index (χ1v) is 8.33.